The molecule has 146 valence electrons. The van der Waals surface area contributed by atoms with E-state index in [1.165, 1.54) is 7.11 Å². The van der Waals surface area contributed by atoms with Gasteiger partial charge in [-0.15, -0.1) is 0 Å². The molecule has 2 aromatic carbocycles. The lowest BCUT2D eigenvalue weighted by molar-refractivity contribution is -0.139. The van der Waals surface area contributed by atoms with Crippen LogP contribution in [-0.2, 0) is 9.53 Å². The summed E-state index contributed by atoms with van der Waals surface area (Å²) in [7, 11) is 6.27. The van der Waals surface area contributed by atoms with E-state index in [0.29, 0.717) is 11.5 Å². The van der Waals surface area contributed by atoms with Crippen molar-refractivity contribution in [3.63, 3.8) is 0 Å². The molecule has 28 heavy (non-hydrogen) atoms. The van der Waals surface area contributed by atoms with E-state index in [1.807, 2.05) is 43.3 Å². The van der Waals surface area contributed by atoms with Crippen molar-refractivity contribution in [3.8, 4) is 17.2 Å². The van der Waals surface area contributed by atoms with Crippen molar-refractivity contribution in [2.45, 2.75) is 13.3 Å². The average molecular weight is 380 g/mol. The van der Waals surface area contributed by atoms with Gasteiger partial charge in [0.1, 0.15) is 5.75 Å². The Bertz CT molecular complexity index is 969. The molecular weight excluding hydrogens is 356 g/mol. The fraction of sp³-hybridized carbons (Fsp3) is 0.261. The Hall–Kier alpha value is -3.21. The fourth-order valence-electron chi connectivity index (χ4n) is 3.44. The van der Waals surface area contributed by atoms with Gasteiger partial charge >= 0.3 is 5.97 Å². The minimum absolute atomic E-state index is 0.214. The zero-order valence-electron chi connectivity index (χ0n) is 16.8. The number of allylic oxidation sites excluding steroid dienone is 2. The highest BCUT2D eigenvalue weighted by Gasteiger charge is 2.26. The van der Waals surface area contributed by atoms with Gasteiger partial charge in [-0.25, -0.2) is 0 Å². The van der Waals surface area contributed by atoms with Crippen LogP contribution >= 0.6 is 0 Å². The van der Waals surface area contributed by atoms with E-state index in [0.717, 1.165) is 39.2 Å². The molecule has 0 radical (unpaired) electrons. The Kier molecular flexibility index (Phi) is 5.73. The minimum Gasteiger partial charge on any atom is -0.497 e. The zero-order valence-corrected chi connectivity index (χ0v) is 16.8. The van der Waals surface area contributed by atoms with Crippen LogP contribution in [0.4, 0.5) is 0 Å². The molecule has 0 saturated carbocycles. The quantitative estimate of drug-likeness (QED) is 0.686. The van der Waals surface area contributed by atoms with Gasteiger partial charge in [0.2, 0.25) is 0 Å². The number of carbonyl (C=O) groups is 1. The number of benzene rings is 2. The van der Waals surface area contributed by atoms with E-state index < -0.39 is 0 Å². The first-order chi connectivity index (χ1) is 13.5. The standard InChI is InChI=1S/C23H24O5/c1-14-18(10-15-6-9-21(26-3)22(11-15)27-4)17-8-7-16(25-2)12-20(17)19(14)13-23(24)28-5/h6-12H,13H2,1-5H3. The van der Waals surface area contributed by atoms with E-state index in [-0.39, 0.29) is 12.4 Å². The van der Waals surface area contributed by atoms with Gasteiger partial charge in [-0.1, -0.05) is 12.1 Å². The summed E-state index contributed by atoms with van der Waals surface area (Å²) in [6, 6.07) is 11.7. The predicted molar refractivity (Wildman–Crippen MR) is 110 cm³/mol. The largest absolute Gasteiger partial charge is 0.497 e. The summed E-state index contributed by atoms with van der Waals surface area (Å²) >= 11 is 0. The molecule has 5 nitrogen and oxygen atoms in total. The van der Waals surface area contributed by atoms with Crippen LogP contribution in [0.15, 0.2) is 42.0 Å². The van der Waals surface area contributed by atoms with Gasteiger partial charge < -0.3 is 18.9 Å². The number of fused-ring (bicyclic) bond motifs is 1. The summed E-state index contributed by atoms with van der Waals surface area (Å²) in [5, 5.41) is 0. The average Bonchev–Trinajstić information content (AvgIpc) is 2.98. The molecule has 0 heterocycles. The van der Waals surface area contributed by atoms with Gasteiger partial charge in [0.15, 0.2) is 11.5 Å². The molecule has 3 rings (SSSR count). The number of carbonyl (C=O) groups excluding carboxylic acids is 1. The molecule has 0 spiro atoms. The molecule has 0 N–H and O–H groups in total. The minimum atomic E-state index is -0.268. The van der Waals surface area contributed by atoms with Gasteiger partial charge in [-0.3, -0.25) is 4.79 Å². The van der Waals surface area contributed by atoms with Crippen molar-refractivity contribution in [1.29, 1.82) is 0 Å². The molecule has 0 aromatic heterocycles. The summed E-state index contributed by atoms with van der Waals surface area (Å²) in [5.41, 5.74) is 6.09. The van der Waals surface area contributed by atoms with Crippen LogP contribution in [0.25, 0.3) is 17.2 Å². The van der Waals surface area contributed by atoms with Crippen molar-refractivity contribution in [1.82, 2.24) is 0 Å². The second kappa shape index (κ2) is 8.21. The van der Waals surface area contributed by atoms with Crippen LogP contribution in [0, 0.1) is 0 Å². The summed E-state index contributed by atoms with van der Waals surface area (Å²) < 4.78 is 21.0. The lowest BCUT2D eigenvalue weighted by Crippen LogP contribution is -2.01. The monoisotopic (exact) mass is 380 g/mol. The van der Waals surface area contributed by atoms with Gasteiger partial charge in [0, 0.05) is 0 Å². The van der Waals surface area contributed by atoms with Crippen molar-refractivity contribution in [2.24, 2.45) is 0 Å². The molecular formula is C23H24O5. The third-order valence-electron chi connectivity index (χ3n) is 4.97. The number of esters is 1. The number of hydrogen-bond acceptors (Lipinski definition) is 5. The second-order valence-electron chi connectivity index (χ2n) is 6.44. The maximum Gasteiger partial charge on any atom is 0.310 e. The van der Waals surface area contributed by atoms with Crippen LogP contribution in [0.3, 0.4) is 0 Å². The zero-order chi connectivity index (χ0) is 20.3. The number of ether oxygens (including phenoxy) is 4. The third-order valence-corrected chi connectivity index (χ3v) is 4.97. The molecule has 0 bridgehead atoms. The first-order valence-electron chi connectivity index (χ1n) is 8.91. The SMILES string of the molecule is COC(=O)CC1=C(C)C(=Cc2ccc(OC)c(OC)c2)c2ccc(OC)cc21. The summed E-state index contributed by atoms with van der Waals surface area (Å²) in [6.07, 6.45) is 2.30. The van der Waals surface area contributed by atoms with Gasteiger partial charge in [0.05, 0.1) is 34.9 Å². The van der Waals surface area contributed by atoms with Crippen molar-refractivity contribution in [3.05, 3.63) is 58.7 Å². The summed E-state index contributed by atoms with van der Waals surface area (Å²) in [4.78, 5) is 12.0. The number of rotatable bonds is 6. The highest BCUT2D eigenvalue weighted by Crippen LogP contribution is 2.45. The molecule has 0 atom stereocenters. The first-order valence-corrected chi connectivity index (χ1v) is 8.91. The smallest absolute Gasteiger partial charge is 0.310 e. The number of hydrogen-bond donors (Lipinski definition) is 0. The Balaban J connectivity index is 2.13. The molecule has 5 heteroatoms. The van der Waals surface area contributed by atoms with Crippen molar-refractivity contribution < 1.29 is 23.7 Å². The van der Waals surface area contributed by atoms with Crippen LogP contribution < -0.4 is 14.2 Å². The first kappa shape index (κ1) is 19.5. The fourth-order valence-corrected chi connectivity index (χ4v) is 3.44. The van der Waals surface area contributed by atoms with Crippen LogP contribution in [-0.4, -0.2) is 34.4 Å². The number of methoxy groups -OCH3 is 4. The predicted octanol–water partition coefficient (Wildman–Crippen LogP) is 4.60. The van der Waals surface area contributed by atoms with Crippen molar-refractivity contribution in [2.75, 3.05) is 28.4 Å². The molecule has 0 saturated heterocycles. The van der Waals surface area contributed by atoms with Crippen LogP contribution in [0.1, 0.15) is 30.0 Å². The Morgan fingerprint density at radius 3 is 2.29 bits per heavy atom. The van der Waals surface area contributed by atoms with E-state index >= 15 is 0 Å². The van der Waals surface area contributed by atoms with Crippen LogP contribution in [0.5, 0.6) is 17.2 Å². The molecule has 1 aliphatic carbocycles. The molecule has 1 aliphatic rings. The highest BCUT2D eigenvalue weighted by molar-refractivity contribution is 6.08. The molecule has 0 amide bonds. The van der Waals surface area contributed by atoms with E-state index in [2.05, 4.69) is 6.08 Å². The Labute approximate surface area is 165 Å². The highest BCUT2D eigenvalue weighted by atomic mass is 16.5. The van der Waals surface area contributed by atoms with E-state index in [9.17, 15) is 4.79 Å². The normalized spacial score (nSPS) is 14.1. The molecule has 2 aromatic rings. The summed E-state index contributed by atoms with van der Waals surface area (Å²) in [6.45, 7) is 2.03. The Morgan fingerprint density at radius 2 is 1.64 bits per heavy atom. The van der Waals surface area contributed by atoms with Gasteiger partial charge in [-0.2, -0.15) is 0 Å². The maximum atomic E-state index is 12.0. The molecule has 0 aliphatic heterocycles. The lowest BCUT2D eigenvalue weighted by atomic mass is 10.00. The van der Waals surface area contributed by atoms with Crippen LogP contribution in [0.2, 0.25) is 0 Å². The third kappa shape index (κ3) is 3.60. The van der Waals surface area contributed by atoms with E-state index in [1.54, 1.807) is 21.3 Å². The maximum absolute atomic E-state index is 12.0. The van der Waals surface area contributed by atoms with Gasteiger partial charge in [0.25, 0.3) is 0 Å². The van der Waals surface area contributed by atoms with Crippen molar-refractivity contribution >= 4 is 23.2 Å². The van der Waals surface area contributed by atoms with Gasteiger partial charge in [-0.05, 0) is 70.7 Å². The Morgan fingerprint density at radius 1 is 0.893 bits per heavy atom. The topological polar surface area (TPSA) is 54.0 Å². The summed E-state index contributed by atoms with van der Waals surface area (Å²) in [5.74, 6) is 1.83. The lowest BCUT2D eigenvalue weighted by Gasteiger charge is -2.09. The second-order valence-corrected chi connectivity index (χ2v) is 6.44. The molecule has 0 fully saturated rings. The van der Waals surface area contributed by atoms with E-state index in [4.69, 9.17) is 18.9 Å². The molecule has 0 unspecified atom stereocenters.